The standard InChI is InChI=1S/C25H37N8O17P3/c26-20-15-22(29-11-28-20)33(12-30-15)24-18(49-51(38,39)40)19(36)25(48-24,32-6-1-2-7-32)10-46-53(43,44)50-52(41,42)45-9-14-16(34)17(35)23(47-14)31-5-3-4-13(8-31)21(27)37/h3,5,8,11-12,14,16-19,23-24,34-36H,1-2,4,6-7,9-10H2,(H2,27,37)(H,41,42)(H,43,44)(H2,26,28,29)(H2,38,39,40)/t14-,16?,17?,18-,19+,23?,24-,25+/m1/s1. The summed E-state index contributed by atoms with van der Waals surface area (Å²) in [5.41, 5.74) is 9.23. The molecule has 0 bridgehead atoms. The van der Waals surface area contributed by atoms with Crippen LogP contribution in [-0.2, 0) is 45.8 Å². The third kappa shape index (κ3) is 8.42. The lowest BCUT2D eigenvalue weighted by atomic mass is 10.0. The Kier molecular flexibility index (Phi) is 11.3. The van der Waals surface area contributed by atoms with Crippen molar-refractivity contribution in [2.45, 2.75) is 68.0 Å². The minimum absolute atomic E-state index is 0.0103. The number of carbonyl (C=O) groups is 1. The lowest BCUT2D eigenvalue weighted by Crippen LogP contribution is -2.59. The van der Waals surface area contributed by atoms with Crippen molar-refractivity contribution >= 4 is 46.4 Å². The van der Waals surface area contributed by atoms with Crippen LogP contribution in [0.4, 0.5) is 5.82 Å². The number of phosphoric ester groups is 3. The van der Waals surface area contributed by atoms with Crippen LogP contribution in [0.1, 0.15) is 25.5 Å². The highest BCUT2D eigenvalue weighted by molar-refractivity contribution is 7.61. The molecule has 11 N–H and O–H groups in total. The molecule has 2 aromatic rings. The molecule has 28 heteroatoms. The minimum Gasteiger partial charge on any atom is -0.387 e. The fourth-order valence-electron chi connectivity index (χ4n) is 6.40. The normalized spacial score (nSPS) is 33.3. The molecule has 3 fully saturated rings. The largest absolute Gasteiger partial charge is 0.481 e. The van der Waals surface area contributed by atoms with Crippen LogP contribution in [0.3, 0.4) is 0 Å². The molecule has 0 saturated carbocycles. The summed E-state index contributed by atoms with van der Waals surface area (Å²) in [6, 6.07) is 0. The topological polar surface area (TPSA) is 367 Å². The average molecular weight is 815 g/mol. The zero-order valence-corrected chi connectivity index (χ0v) is 30.0. The van der Waals surface area contributed by atoms with E-state index in [2.05, 4.69) is 19.3 Å². The van der Waals surface area contributed by atoms with Gasteiger partial charge in [0.25, 0.3) is 0 Å². The van der Waals surface area contributed by atoms with Crippen molar-refractivity contribution in [1.29, 1.82) is 0 Å². The van der Waals surface area contributed by atoms with E-state index >= 15 is 0 Å². The van der Waals surface area contributed by atoms with Gasteiger partial charge in [-0.05, 0) is 19.3 Å². The number of likely N-dealkylation sites (tertiary alicyclic amines) is 1. The second-order valence-corrected chi connectivity index (χ2v) is 16.6. The Morgan fingerprint density at radius 1 is 1.00 bits per heavy atom. The maximum Gasteiger partial charge on any atom is 0.481 e. The Morgan fingerprint density at radius 2 is 1.70 bits per heavy atom. The van der Waals surface area contributed by atoms with Crippen LogP contribution in [0.25, 0.3) is 11.2 Å². The SMILES string of the molecule is NC(=O)C1=CN(C2O[C@H](COP(=O)(O)OP(=O)(O)OC[C@]3(N4CCCC4)O[C@@H](n4cnc5c(N)ncnc54)[C@H](OP(=O)(O)O)[C@@H]3O)C(O)C2O)C=CC1. The van der Waals surface area contributed by atoms with Crippen molar-refractivity contribution in [3.8, 4) is 0 Å². The van der Waals surface area contributed by atoms with Crippen molar-refractivity contribution < 1.29 is 80.7 Å². The molecule has 6 heterocycles. The number of primary amides is 1. The van der Waals surface area contributed by atoms with Gasteiger partial charge in [-0.1, -0.05) is 6.08 Å². The Balaban J connectivity index is 1.17. The molecule has 10 atom stereocenters. The van der Waals surface area contributed by atoms with Gasteiger partial charge >= 0.3 is 23.5 Å². The fourth-order valence-corrected chi connectivity index (χ4v) is 9.04. The Labute approximate surface area is 298 Å². The molecule has 25 nitrogen and oxygen atoms in total. The van der Waals surface area contributed by atoms with Gasteiger partial charge in [0.1, 0.15) is 49.0 Å². The lowest BCUT2D eigenvalue weighted by Gasteiger charge is -2.40. The number of amides is 1. The molecule has 0 aliphatic carbocycles. The average Bonchev–Trinajstić information content (AvgIpc) is 3.87. The number of hydrogen-bond acceptors (Lipinski definition) is 19. The predicted molar refractivity (Wildman–Crippen MR) is 173 cm³/mol. The van der Waals surface area contributed by atoms with Crippen molar-refractivity contribution in [1.82, 2.24) is 29.3 Å². The highest BCUT2D eigenvalue weighted by Gasteiger charge is 2.62. The van der Waals surface area contributed by atoms with Crippen LogP contribution in [0.15, 0.2) is 36.7 Å². The summed E-state index contributed by atoms with van der Waals surface area (Å²) in [7, 11) is -16.5. The first kappa shape index (κ1) is 39.9. The molecular formula is C25H37N8O17P3. The summed E-state index contributed by atoms with van der Waals surface area (Å²) in [5.74, 6) is -0.786. The molecule has 0 radical (unpaired) electrons. The van der Waals surface area contributed by atoms with Crippen LogP contribution in [0, 0.1) is 0 Å². The number of nitrogen functional groups attached to an aromatic ring is 1. The van der Waals surface area contributed by atoms with E-state index < -0.39 is 91.3 Å². The summed E-state index contributed by atoms with van der Waals surface area (Å²) in [6.07, 6.45) is -3.87. The number of aliphatic hydroxyl groups excluding tert-OH is 3. The Morgan fingerprint density at radius 3 is 2.38 bits per heavy atom. The smallest absolute Gasteiger partial charge is 0.387 e. The highest BCUT2D eigenvalue weighted by Crippen LogP contribution is 2.61. The van der Waals surface area contributed by atoms with Crippen LogP contribution < -0.4 is 11.5 Å². The number of rotatable bonds is 14. The fraction of sp³-hybridized carbons (Fsp3) is 0.600. The van der Waals surface area contributed by atoms with E-state index in [1.54, 1.807) is 6.08 Å². The van der Waals surface area contributed by atoms with Gasteiger partial charge in [-0.3, -0.25) is 27.8 Å². The van der Waals surface area contributed by atoms with Crippen molar-refractivity contribution in [3.05, 3.63) is 36.7 Å². The number of fused-ring (bicyclic) bond motifs is 1. The third-order valence-electron chi connectivity index (χ3n) is 8.85. The van der Waals surface area contributed by atoms with E-state index in [-0.39, 0.29) is 42.1 Å². The number of nitrogens with two attached hydrogens (primary N) is 2. The predicted octanol–water partition coefficient (Wildman–Crippen LogP) is -2.15. The molecular weight excluding hydrogens is 777 g/mol. The third-order valence-corrected chi connectivity index (χ3v) is 12.0. The first-order valence-electron chi connectivity index (χ1n) is 15.7. The summed E-state index contributed by atoms with van der Waals surface area (Å²) in [5, 5.41) is 32.6. The number of aliphatic hydroxyl groups is 3. The molecule has 3 saturated heterocycles. The van der Waals surface area contributed by atoms with Crippen LogP contribution in [0.2, 0.25) is 0 Å². The van der Waals surface area contributed by atoms with E-state index in [0.717, 1.165) is 17.2 Å². The van der Waals surface area contributed by atoms with E-state index in [1.165, 1.54) is 22.2 Å². The molecule has 5 unspecified atom stereocenters. The van der Waals surface area contributed by atoms with E-state index in [0.29, 0.717) is 12.8 Å². The molecule has 4 aliphatic rings. The van der Waals surface area contributed by atoms with Gasteiger partial charge in [0, 0.05) is 31.1 Å². The van der Waals surface area contributed by atoms with Gasteiger partial charge in [0.15, 0.2) is 29.6 Å². The van der Waals surface area contributed by atoms with Gasteiger partial charge in [0.2, 0.25) is 5.91 Å². The number of phosphoric acid groups is 3. The number of nitrogens with zero attached hydrogens (tertiary/aromatic N) is 6. The molecule has 0 spiro atoms. The Hall–Kier alpha value is -2.77. The zero-order valence-electron chi connectivity index (χ0n) is 27.3. The van der Waals surface area contributed by atoms with Gasteiger partial charge in [-0.15, -0.1) is 0 Å². The zero-order chi connectivity index (χ0) is 38.5. The van der Waals surface area contributed by atoms with Gasteiger partial charge in [0.05, 0.1) is 12.9 Å². The highest BCUT2D eigenvalue weighted by atomic mass is 31.3. The van der Waals surface area contributed by atoms with Gasteiger partial charge in [-0.2, -0.15) is 4.31 Å². The van der Waals surface area contributed by atoms with Crippen LogP contribution >= 0.6 is 23.5 Å². The van der Waals surface area contributed by atoms with Crippen molar-refractivity contribution in [3.63, 3.8) is 0 Å². The quantitative estimate of drug-likeness (QED) is 0.0918. The number of allylic oxidation sites excluding steroid dienone is 1. The van der Waals surface area contributed by atoms with Crippen molar-refractivity contribution in [2.75, 3.05) is 32.0 Å². The molecule has 1 amide bonds. The monoisotopic (exact) mass is 814 g/mol. The molecule has 294 valence electrons. The number of ether oxygens (including phenoxy) is 2. The first-order valence-corrected chi connectivity index (χ1v) is 20.2. The number of anilines is 1. The first-order chi connectivity index (χ1) is 24.8. The molecule has 4 aliphatic heterocycles. The maximum absolute atomic E-state index is 13.1. The number of aromatic nitrogens is 4. The Bertz CT molecular complexity index is 1910. The molecule has 6 rings (SSSR count). The summed E-state index contributed by atoms with van der Waals surface area (Å²) in [4.78, 5) is 66.7. The molecule has 53 heavy (non-hydrogen) atoms. The number of imidazole rings is 1. The summed E-state index contributed by atoms with van der Waals surface area (Å²) in [6.45, 7) is -1.68. The maximum atomic E-state index is 13.1. The number of carbonyl (C=O) groups excluding carboxylic acids is 1. The molecule has 0 aromatic carbocycles. The minimum atomic E-state index is -5.63. The van der Waals surface area contributed by atoms with Crippen LogP contribution in [0.5, 0.6) is 0 Å². The van der Waals surface area contributed by atoms with E-state index in [1.807, 2.05) is 0 Å². The van der Waals surface area contributed by atoms with E-state index in [9.17, 15) is 53.4 Å². The lowest BCUT2D eigenvalue weighted by molar-refractivity contribution is -0.205. The number of hydrogen-bond donors (Lipinski definition) is 9. The van der Waals surface area contributed by atoms with Gasteiger partial charge in [-0.25, -0.2) is 28.6 Å². The van der Waals surface area contributed by atoms with Crippen molar-refractivity contribution in [2.24, 2.45) is 5.73 Å². The summed E-state index contributed by atoms with van der Waals surface area (Å²) >= 11 is 0. The van der Waals surface area contributed by atoms with Gasteiger partial charge < -0.3 is 60.7 Å². The second-order valence-electron chi connectivity index (χ2n) is 12.3. The van der Waals surface area contributed by atoms with E-state index in [4.69, 9.17) is 34.5 Å². The second kappa shape index (κ2) is 15.0. The molecule has 2 aromatic heterocycles. The summed E-state index contributed by atoms with van der Waals surface area (Å²) < 4.78 is 70.1. The van der Waals surface area contributed by atoms with Crippen LogP contribution in [-0.4, -0.2) is 139 Å².